The van der Waals surface area contributed by atoms with Crippen LogP contribution in [0.2, 0.25) is 0 Å². The number of amides is 1. The van der Waals surface area contributed by atoms with Crippen LogP contribution >= 0.6 is 0 Å². The first-order chi connectivity index (χ1) is 12.5. The Morgan fingerprint density at radius 2 is 1.96 bits per heavy atom. The molecule has 2 heterocycles. The van der Waals surface area contributed by atoms with Crippen molar-refractivity contribution in [1.29, 1.82) is 0 Å². The zero-order valence-corrected chi connectivity index (χ0v) is 16.2. The van der Waals surface area contributed by atoms with Crippen LogP contribution in [0.4, 0.5) is 0 Å². The molecule has 0 saturated carbocycles. The maximum Gasteiger partial charge on any atom is 0.223 e. The van der Waals surface area contributed by atoms with E-state index in [4.69, 9.17) is 0 Å². The summed E-state index contributed by atoms with van der Waals surface area (Å²) in [6.07, 6.45) is 4.61. The highest BCUT2D eigenvalue weighted by Gasteiger charge is 2.39. The number of nitrogens with zero attached hydrogens (tertiary/aromatic N) is 3. The monoisotopic (exact) mass is 354 g/mol. The molecule has 0 aliphatic carbocycles. The van der Waals surface area contributed by atoms with Gasteiger partial charge < -0.3 is 10.2 Å². The molecule has 1 aliphatic rings. The van der Waals surface area contributed by atoms with Crippen molar-refractivity contribution >= 4 is 5.91 Å². The molecule has 5 heteroatoms. The molecule has 1 saturated heterocycles. The molecule has 0 radical (unpaired) electrons. The van der Waals surface area contributed by atoms with Crippen LogP contribution in [0.1, 0.15) is 44.4 Å². The topological polar surface area (TPSA) is 50.2 Å². The van der Waals surface area contributed by atoms with E-state index < -0.39 is 0 Å². The molecule has 2 aromatic rings. The SMILES string of the molecule is CC(C)[C@H](C)NC[C@@H]1CC(=O)N(C)[C@H]1c1cnn(Cc2ccccc2)c1. The maximum absolute atomic E-state index is 12.3. The van der Waals surface area contributed by atoms with Crippen molar-refractivity contribution in [2.45, 2.75) is 45.8 Å². The minimum atomic E-state index is 0.0962. The van der Waals surface area contributed by atoms with E-state index in [0.29, 0.717) is 18.4 Å². The number of hydrogen-bond donors (Lipinski definition) is 1. The van der Waals surface area contributed by atoms with Crippen LogP contribution in [-0.2, 0) is 11.3 Å². The molecular formula is C21H30N4O. The summed E-state index contributed by atoms with van der Waals surface area (Å²) in [4.78, 5) is 14.2. The fourth-order valence-corrected chi connectivity index (χ4v) is 3.59. The zero-order chi connectivity index (χ0) is 18.7. The molecule has 1 amide bonds. The van der Waals surface area contributed by atoms with Crippen molar-refractivity contribution in [2.24, 2.45) is 11.8 Å². The van der Waals surface area contributed by atoms with E-state index in [1.807, 2.05) is 41.0 Å². The molecule has 3 rings (SSSR count). The Balaban J connectivity index is 1.71. The Hall–Kier alpha value is -2.14. The fraction of sp³-hybridized carbons (Fsp3) is 0.524. The molecule has 1 fully saturated rings. The number of carbonyl (C=O) groups is 1. The largest absolute Gasteiger partial charge is 0.338 e. The second-order valence-electron chi connectivity index (χ2n) is 7.81. The van der Waals surface area contributed by atoms with Gasteiger partial charge in [0.05, 0.1) is 18.8 Å². The van der Waals surface area contributed by atoms with Crippen LogP contribution < -0.4 is 5.32 Å². The van der Waals surface area contributed by atoms with Gasteiger partial charge in [0, 0.05) is 43.7 Å². The summed E-state index contributed by atoms with van der Waals surface area (Å²) in [5.41, 5.74) is 2.35. The summed E-state index contributed by atoms with van der Waals surface area (Å²) in [6, 6.07) is 10.9. The lowest BCUT2D eigenvalue weighted by Crippen LogP contribution is -2.36. The van der Waals surface area contributed by atoms with E-state index >= 15 is 0 Å². The number of carbonyl (C=O) groups excluding carboxylic acids is 1. The average Bonchev–Trinajstić information content (AvgIpc) is 3.18. The van der Waals surface area contributed by atoms with Crippen LogP contribution in [0.15, 0.2) is 42.7 Å². The molecule has 0 bridgehead atoms. The lowest BCUT2D eigenvalue weighted by Gasteiger charge is -2.26. The predicted molar refractivity (Wildman–Crippen MR) is 104 cm³/mol. The molecule has 26 heavy (non-hydrogen) atoms. The maximum atomic E-state index is 12.3. The zero-order valence-electron chi connectivity index (χ0n) is 16.2. The lowest BCUT2D eigenvalue weighted by molar-refractivity contribution is -0.127. The fourth-order valence-electron chi connectivity index (χ4n) is 3.59. The molecule has 140 valence electrons. The second kappa shape index (κ2) is 8.04. The number of benzene rings is 1. The third-order valence-electron chi connectivity index (χ3n) is 5.58. The Kier molecular flexibility index (Phi) is 5.77. The van der Waals surface area contributed by atoms with Crippen LogP contribution in [0.3, 0.4) is 0 Å². The third kappa shape index (κ3) is 4.15. The number of nitrogens with one attached hydrogen (secondary N) is 1. The Morgan fingerprint density at radius 1 is 1.23 bits per heavy atom. The standard InChI is InChI=1S/C21H30N4O/c1-15(2)16(3)22-11-18-10-20(26)24(4)21(18)19-12-23-25(14-19)13-17-8-6-5-7-9-17/h5-9,12,14-16,18,21-22H,10-11,13H2,1-4H3/t16-,18-,21+/m0/s1. The minimum absolute atomic E-state index is 0.0962. The summed E-state index contributed by atoms with van der Waals surface area (Å²) >= 11 is 0. The number of hydrogen-bond acceptors (Lipinski definition) is 3. The highest BCUT2D eigenvalue weighted by molar-refractivity contribution is 5.79. The van der Waals surface area contributed by atoms with E-state index in [2.05, 4.69) is 49.5 Å². The van der Waals surface area contributed by atoms with Gasteiger partial charge >= 0.3 is 0 Å². The van der Waals surface area contributed by atoms with Gasteiger partial charge in [-0.15, -0.1) is 0 Å². The highest BCUT2D eigenvalue weighted by atomic mass is 16.2. The molecule has 1 aromatic carbocycles. The number of aromatic nitrogens is 2. The smallest absolute Gasteiger partial charge is 0.223 e. The quantitative estimate of drug-likeness (QED) is 0.831. The van der Waals surface area contributed by atoms with Crippen molar-refractivity contribution < 1.29 is 4.79 Å². The van der Waals surface area contributed by atoms with E-state index in [1.165, 1.54) is 5.56 Å². The molecule has 1 aliphatic heterocycles. The lowest BCUT2D eigenvalue weighted by atomic mass is 9.95. The van der Waals surface area contributed by atoms with E-state index in [9.17, 15) is 4.79 Å². The van der Waals surface area contributed by atoms with E-state index in [0.717, 1.165) is 18.7 Å². The van der Waals surface area contributed by atoms with Crippen LogP contribution in [0.5, 0.6) is 0 Å². The van der Waals surface area contributed by atoms with E-state index in [1.54, 1.807) is 0 Å². The van der Waals surface area contributed by atoms with Gasteiger partial charge in [0.1, 0.15) is 0 Å². The first kappa shape index (κ1) is 18.6. The molecule has 1 aromatic heterocycles. The van der Waals surface area contributed by atoms with Crippen molar-refractivity contribution in [3.8, 4) is 0 Å². The molecular weight excluding hydrogens is 324 g/mol. The molecule has 5 nitrogen and oxygen atoms in total. The summed E-state index contributed by atoms with van der Waals surface area (Å²) in [6.45, 7) is 8.24. The van der Waals surface area contributed by atoms with Gasteiger partial charge in [0.25, 0.3) is 0 Å². The summed E-state index contributed by atoms with van der Waals surface area (Å²) in [5, 5.41) is 8.14. The normalized spacial score (nSPS) is 21.6. The number of likely N-dealkylation sites (tertiary alicyclic amines) is 1. The van der Waals surface area contributed by atoms with Crippen LogP contribution in [-0.4, -0.2) is 40.2 Å². The first-order valence-electron chi connectivity index (χ1n) is 9.51. The van der Waals surface area contributed by atoms with E-state index in [-0.39, 0.29) is 17.9 Å². The van der Waals surface area contributed by atoms with Gasteiger partial charge in [0.15, 0.2) is 0 Å². The number of rotatable bonds is 7. The second-order valence-corrected chi connectivity index (χ2v) is 7.81. The van der Waals surface area contributed by atoms with Gasteiger partial charge in [-0.3, -0.25) is 9.48 Å². The van der Waals surface area contributed by atoms with Crippen molar-refractivity contribution in [3.63, 3.8) is 0 Å². The highest BCUT2D eigenvalue weighted by Crippen LogP contribution is 2.36. The van der Waals surface area contributed by atoms with Crippen LogP contribution in [0, 0.1) is 11.8 Å². The van der Waals surface area contributed by atoms with Crippen molar-refractivity contribution in [1.82, 2.24) is 20.0 Å². The Labute approximate surface area is 156 Å². The van der Waals surface area contributed by atoms with Gasteiger partial charge in [-0.1, -0.05) is 44.2 Å². The molecule has 3 atom stereocenters. The summed E-state index contributed by atoms with van der Waals surface area (Å²) < 4.78 is 1.96. The Morgan fingerprint density at radius 3 is 2.65 bits per heavy atom. The van der Waals surface area contributed by atoms with Crippen LogP contribution in [0.25, 0.3) is 0 Å². The first-order valence-corrected chi connectivity index (χ1v) is 9.51. The summed E-state index contributed by atoms with van der Waals surface area (Å²) in [7, 11) is 1.91. The summed E-state index contributed by atoms with van der Waals surface area (Å²) in [5.74, 6) is 1.08. The van der Waals surface area contributed by atoms with Crippen molar-refractivity contribution in [2.75, 3.05) is 13.6 Å². The molecule has 0 unspecified atom stereocenters. The van der Waals surface area contributed by atoms with Gasteiger partial charge in [-0.05, 0) is 18.4 Å². The van der Waals surface area contributed by atoms with Gasteiger partial charge in [0.2, 0.25) is 5.91 Å². The van der Waals surface area contributed by atoms with Gasteiger partial charge in [-0.25, -0.2) is 0 Å². The average molecular weight is 354 g/mol. The van der Waals surface area contributed by atoms with Gasteiger partial charge in [-0.2, -0.15) is 5.10 Å². The Bertz CT molecular complexity index is 725. The van der Waals surface area contributed by atoms with Crippen molar-refractivity contribution in [3.05, 3.63) is 53.9 Å². The molecule has 1 N–H and O–H groups in total. The molecule has 0 spiro atoms. The predicted octanol–water partition coefficient (Wildman–Crippen LogP) is 3.08. The third-order valence-corrected chi connectivity index (χ3v) is 5.58. The minimum Gasteiger partial charge on any atom is -0.338 e.